The molecule has 0 amide bonds. The summed E-state index contributed by atoms with van der Waals surface area (Å²) in [5.74, 6) is 2.02. The van der Waals surface area contributed by atoms with Gasteiger partial charge in [0, 0.05) is 0 Å². The third-order valence-corrected chi connectivity index (χ3v) is 4.42. The van der Waals surface area contributed by atoms with Crippen molar-refractivity contribution in [2.75, 3.05) is 5.73 Å². The number of thioether (sulfide) groups is 1. The van der Waals surface area contributed by atoms with E-state index in [4.69, 9.17) is 10.3 Å². The second-order valence-corrected chi connectivity index (χ2v) is 6.48. The summed E-state index contributed by atoms with van der Waals surface area (Å²) in [7, 11) is 0. The average Bonchev–Trinajstić information content (AvgIpc) is 2.85. The lowest BCUT2D eigenvalue weighted by Crippen LogP contribution is -1.91. The highest BCUT2D eigenvalue weighted by Crippen LogP contribution is 2.33. The Bertz CT molecular complexity index is 505. The number of thiophene rings is 1. The molecule has 0 aliphatic rings. The zero-order chi connectivity index (χ0) is 12.4. The van der Waals surface area contributed by atoms with Crippen LogP contribution in [0.4, 0.5) is 5.69 Å². The van der Waals surface area contributed by atoms with Crippen LogP contribution in [0.15, 0.2) is 9.90 Å². The second kappa shape index (κ2) is 5.10. The highest BCUT2D eigenvalue weighted by Gasteiger charge is 2.15. The van der Waals surface area contributed by atoms with E-state index in [1.54, 1.807) is 11.8 Å². The summed E-state index contributed by atoms with van der Waals surface area (Å²) < 4.78 is 5.23. The zero-order valence-electron chi connectivity index (χ0n) is 10.1. The molecule has 2 heterocycles. The summed E-state index contributed by atoms with van der Waals surface area (Å²) in [6.45, 7) is 6.26. The van der Waals surface area contributed by atoms with Crippen molar-refractivity contribution >= 4 is 28.8 Å². The van der Waals surface area contributed by atoms with Gasteiger partial charge >= 0.3 is 0 Å². The molecule has 4 nitrogen and oxygen atoms in total. The molecule has 0 radical (unpaired) electrons. The molecule has 0 unspecified atom stereocenters. The molecule has 0 aromatic carbocycles. The van der Waals surface area contributed by atoms with Crippen molar-refractivity contribution < 1.29 is 4.52 Å². The lowest BCUT2D eigenvalue weighted by molar-refractivity contribution is 0.426. The van der Waals surface area contributed by atoms with Crippen molar-refractivity contribution in [2.45, 2.75) is 31.8 Å². The number of nitrogen functional groups attached to an aromatic ring is 1. The summed E-state index contributed by atoms with van der Waals surface area (Å²) in [4.78, 5) is 5.23. The molecule has 0 atom stereocenters. The van der Waals surface area contributed by atoms with Gasteiger partial charge in [-0.3, -0.25) is 0 Å². The van der Waals surface area contributed by atoms with Crippen molar-refractivity contribution in [1.29, 1.82) is 0 Å². The first kappa shape index (κ1) is 12.4. The Hall–Kier alpha value is -1.01. The highest BCUT2D eigenvalue weighted by atomic mass is 32.2. The number of hydrogen-bond donors (Lipinski definition) is 1. The number of nitrogens with zero attached hydrogens (tertiary/aromatic N) is 2. The molecule has 0 bridgehead atoms. The summed E-state index contributed by atoms with van der Waals surface area (Å²) >= 11 is 3.33. The van der Waals surface area contributed by atoms with E-state index in [9.17, 15) is 0 Å². The van der Waals surface area contributed by atoms with Crippen molar-refractivity contribution in [1.82, 2.24) is 10.1 Å². The minimum absolute atomic E-state index is 0.528. The maximum atomic E-state index is 5.94. The third kappa shape index (κ3) is 2.81. The Morgan fingerprint density at radius 2 is 2.29 bits per heavy atom. The maximum Gasteiger partial charge on any atom is 0.270 e. The predicted molar refractivity (Wildman–Crippen MR) is 73.2 cm³/mol. The minimum atomic E-state index is 0.528. The van der Waals surface area contributed by atoms with Gasteiger partial charge < -0.3 is 10.3 Å². The number of rotatable bonds is 4. The molecular weight excluding hydrogens is 254 g/mol. The molecule has 2 N–H and O–H groups in total. The van der Waals surface area contributed by atoms with Gasteiger partial charge in [-0.2, -0.15) is 16.7 Å². The van der Waals surface area contributed by atoms with Gasteiger partial charge in [0.2, 0.25) is 0 Å². The Kier molecular flexibility index (Phi) is 3.73. The van der Waals surface area contributed by atoms with Gasteiger partial charge in [0.05, 0.1) is 11.4 Å². The smallest absolute Gasteiger partial charge is 0.270 e. The lowest BCUT2D eigenvalue weighted by Gasteiger charge is -1.99. The second-order valence-electron chi connectivity index (χ2n) is 4.04. The van der Waals surface area contributed by atoms with E-state index in [2.05, 4.69) is 24.0 Å². The minimum Gasteiger partial charge on any atom is -0.397 e. The largest absolute Gasteiger partial charge is 0.397 e. The van der Waals surface area contributed by atoms with Gasteiger partial charge in [0.25, 0.3) is 5.89 Å². The van der Waals surface area contributed by atoms with E-state index in [0.717, 1.165) is 27.7 Å². The van der Waals surface area contributed by atoms with Gasteiger partial charge in [0.1, 0.15) is 4.88 Å². The third-order valence-electron chi connectivity index (χ3n) is 2.23. The fourth-order valence-corrected chi connectivity index (χ4v) is 2.76. The fourth-order valence-electron chi connectivity index (χ4n) is 1.26. The van der Waals surface area contributed by atoms with Gasteiger partial charge in [-0.25, -0.2) is 0 Å². The van der Waals surface area contributed by atoms with Crippen LogP contribution in [0.25, 0.3) is 10.8 Å². The van der Waals surface area contributed by atoms with E-state index in [0.29, 0.717) is 11.1 Å². The van der Waals surface area contributed by atoms with Crippen molar-refractivity contribution in [3.05, 3.63) is 16.8 Å². The number of hydrogen-bond acceptors (Lipinski definition) is 6. The number of nitrogens with two attached hydrogens (primary N) is 1. The van der Waals surface area contributed by atoms with Crippen LogP contribution in [0.1, 0.15) is 25.2 Å². The van der Waals surface area contributed by atoms with E-state index in [1.165, 1.54) is 11.3 Å². The first-order chi connectivity index (χ1) is 8.08. The van der Waals surface area contributed by atoms with Crippen molar-refractivity contribution in [3.63, 3.8) is 0 Å². The van der Waals surface area contributed by atoms with Crippen LogP contribution < -0.4 is 5.73 Å². The number of aromatic nitrogens is 2. The van der Waals surface area contributed by atoms with E-state index >= 15 is 0 Å². The monoisotopic (exact) mass is 269 g/mol. The van der Waals surface area contributed by atoms with Gasteiger partial charge in [-0.1, -0.05) is 19.0 Å². The van der Waals surface area contributed by atoms with Crippen LogP contribution in [0, 0.1) is 6.92 Å². The molecule has 2 rings (SSSR count). The fraction of sp³-hybridized carbons (Fsp3) is 0.455. The van der Waals surface area contributed by atoms with Crippen LogP contribution in [0.5, 0.6) is 0 Å². The van der Waals surface area contributed by atoms with Crippen LogP contribution in [-0.2, 0) is 5.75 Å². The van der Waals surface area contributed by atoms with Gasteiger partial charge in [-0.05, 0) is 23.1 Å². The summed E-state index contributed by atoms with van der Waals surface area (Å²) in [6.07, 6.45) is 0. The van der Waals surface area contributed by atoms with E-state index < -0.39 is 0 Å². The van der Waals surface area contributed by atoms with Crippen LogP contribution in [0.3, 0.4) is 0 Å². The first-order valence-corrected chi connectivity index (χ1v) is 7.29. The molecular formula is C11H15N3OS2. The molecule has 0 spiro atoms. The average molecular weight is 269 g/mol. The van der Waals surface area contributed by atoms with E-state index in [1.807, 2.05) is 12.3 Å². The molecule has 17 heavy (non-hydrogen) atoms. The Balaban J connectivity index is 2.15. The molecule has 0 fully saturated rings. The molecule has 0 saturated heterocycles. The van der Waals surface area contributed by atoms with E-state index in [-0.39, 0.29) is 0 Å². The first-order valence-electron chi connectivity index (χ1n) is 5.36. The number of aryl methyl sites for hydroxylation is 1. The molecule has 92 valence electrons. The lowest BCUT2D eigenvalue weighted by atomic mass is 10.3. The summed E-state index contributed by atoms with van der Waals surface area (Å²) in [6, 6.07) is 0. The van der Waals surface area contributed by atoms with Crippen LogP contribution >= 0.6 is 23.1 Å². The Morgan fingerprint density at radius 1 is 1.53 bits per heavy atom. The van der Waals surface area contributed by atoms with Gasteiger partial charge in [-0.15, -0.1) is 11.3 Å². The van der Waals surface area contributed by atoms with Crippen molar-refractivity contribution in [3.8, 4) is 10.8 Å². The van der Waals surface area contributed by atoms with Gasteiger partial charge in [0.15, 0.2) is 5.82 Å². The number of anilines is 1. The molecule has 0 saturated carbocycles. The normalized spacial score (nSPS) is 11.3. The summed E-state index contributed by atoms with van der Waals surface area (Å²) in [5.41, 5.74) is 7.74. The zero-order valence-corrected chi connectivity index (χ0v) is 11.7. The highest BCUT2D eigenvalue weighted by molar-refractivity contribution is 7.99. The Labute approximate surface area is 109 Å². The maximum absolute atomic E-state index is 5.94. The molecule has 0 aliphatic carbocycles. The molecule has 2 aromatic rings. The molecule has 6 heteroatoms. The topological polar surface area (TPSA) is 64.9 Å². The van der Waals surface area contributed by atoms with Crippen LogP contribution in [0.2, 0.25) is 0 Å². The molecule has 2 aromatic heterocycles. The summed E-state index contributed by atoms with van der Waals surface area (Å²) in [5, 5.41) is 6.52. The quantitative estimate of drug-likeness (QED) is 0.922. The Morgan fingerprint density at radius 3 is 2.88 bits per heavy atom. The standard InChI is InChI=1S/C11H15N3OS2/c1-6(2)16-5-8-13-11(15-14-8)10-9(12)7(3)4-17-10/h4,6H,5,12H2,1-3H3. The van der Waals surface area contributed by atoms with Crippen LogP contribution in [-0.4, -0.2) is 15.4 Å². The SMILES string of the molecule is Cc1csc(-c2nc(CSC(C)C)no2)c1N. The van der Waals surface area contributed by atoms with Crippen molar-refractivity contribution in [2.24, 2.45) is 0 Å². The molecule has 0 aliphatic heterocycles. The predicted octanol–water partition coefficient (Wildman–Crippen LogP) is 3.33.